The zero-order valence-corrected chi connectivity index (χ0v) is 16.3. The highest BCUT2D eigenvalue weighted by Crippen LogP contribution is 2.51. The molecule has 0 spiro atoms. The second kappa shape index (κ2) is 7.27. The third-order valence-electron chi connectivity index (χ3n) is 4.84. The van der Waals surface area contributed by atoms with Crippen LogP contribution in [0.5, 0.6) is 23.0 Å². The maximum Gasteiger partial charge on any atom is 0.207 e. The van der Waals surface area contributed by atoms with Crippen molar-refractivity contribution in [3.63, 3.8) is 0 Å². The van der Waals surface area contributed by atoms with Crippen molar-refractivity contribution in [2.45, 2.75) is 0 Å². The lowest BCUT2D eigenvalue weighted by Crippen LogP contribution is -2.00. The van der Waals surface area contributed by atoms with Gasteiger partial charge < -0.3 is 18.9 Å². The van der Waals surface area contributed by atoms with Gasteiger partial charge in [0, 0.05) is 16.3 Å². The van der Waals surface area contributed by atoms with Gasteiger partial charge in [0.15, 0.2) is 11.5 Å². The fourth-order valence-corrected chi connectivity index (χ4v) is 3.57. The summed E-state index contributed by atoms with van der Waals surface area (Å²) in [6.07, 6.45) is 0. The van der Waals surface area contributed by atoms with Crippen LogP contribution in [0.3, 0.4) is 0 Å². The number of rotatable bonds is 5. The van der Waals surface area contributed by atoms with Crippen LogP contribution in [0.4, 0.5) is 0 Å². The Morgan fingerprint density at radius 3 is 2.04 bits per heavy atom. The van der Waals surface area contributed by atoms with Crippen molar-refractivity contribution in [3.05, 3.63) is 54.6 Å². The number of ether oxygens (including phenoxy) is 4. The molecule has 1 aromatic heterocycles. The molecule has 0 saturated heterocycles. The standard InChI is InChI=1S/C23H21NO4/c1-25-20-13-17(21(26-2)23(28-4)22(20)27-3)15-9-7-11-19-16(15)12-14-8-5-6-10-18(14)24-19/h5-13H,1-4H3. The van der Waals surface area contributed by atoms with Gasteiger partial charge in [0.25, 0.3) is 0 Å². The summed E-state index contributed by atoms with van der Waals surface area (Å²) in [5.74, 6) is 2.14. The lowest BCUT2D eigenvalue weighted by atomic mass is 9.97. The molecule has 0 radical (unpaired) electrons. The first kappa shape index (κ1) is 17.9. The summed E-state index contributed by atoms with van der Waals surface area (Å²) in [6.45, 7) is 0. The topological polar surface area (TPSA) is 49.8 Å². The van der Waals surface area contributed by atoms with Gasteiger partial charge in [0.1, 0.15) is 0 Å². The third kappa shape index (κ3) is 2.76. The number of para-hydroxylation sites is 1. The number of nitrogens with zero attached hydrogens (tertiary/aromatic N) is 1. The van der Waals surface area contributed by atoms with Crippen molar-refractivity contribution in [1.29, 1.82) is 0 Å². The third-order valence-corrected chi connectivity index (χ3v) is 4.84. The Morgan fingerprint density at radius 1 is 0.607 bits per heavy atom. The van der Waals surface area contributed by atoms with Crippen LogP contribution >= 0.6 is 0 Å². The van der Waals surface area contributed by atoms with E-state index in [1.807, 2.05) is 42.5 Å². The Balaban J connectivity index is 2.08. The van der Waals surface area contributed by atoms with Crippen LogP contribution in [-0.2, 0) is 0 Å². The molecule has 4 aromatic rings. The quantitative estimate of drug-likeness (QED) is 0.455. The van der Waals surface area contributed by atoms with E-state index in [1.54, 1.807) is 28.4 Å². The van der Waals surface area contributed by atoms with E-state index in [0.717, 1.165) is 32.9 Å². The molecule has 28 heavy (non-hydrogen) atoms. The first-order valence-corrected chi connectivity index (χ1v) is 8.87. The van der Waals surface area contributed by atoms with E-state index in [4.69, 9.17) is 23.9 Å². The second-order valence-electron chi connectivity index (χ2n) is 6.28. The summed E-state index contributed by atoms with van der Waals surface area (Å²) in [4.78, 5) is 4.81. The lowest BCUT2D eigenvalue weighted by molar-refractivity contribution is 0.306. The summed E-state index contributed by atoms with van der Waals surface area (Å²) in [6, 6.07) is 18.2. The van der Waals surface area contributed by atoms with Gasteiger partial charge in [-0.1, -0.05) is 30.3 Å². The monoisotopic (exact) mass is 375 g/mol. The molecule has 4 rings (SSSR count). The summed E-state index contributed by atoms with van der Waals surface area (Å²) >= 11 is 0. The van der Waals surface area contributed by atoms with E-state index >= 15 is 0 Å². The van der Waals surface area contributed by atoms with E-state index in [1.165, 1.54) is 0 Å². The SMILES string of the molecule is COc1cc(-c2cccc3nc4ccccc4cc23)c(OC)c(OC)c1OC. The van der Waals surface area contributed by atoms with Gasteiger partial charge >= 0.3 is 0 Å². The van der Waals surface area contributed by atoms with Gasteiger partial charge in [0.05, 0.1) is 39.5 Å². The fraction of sp³-hybridized carbons (Fsp3) is 0.174. The zero-order valence-electron chi connectivity index (χ0n) is 16.3. The highest BCUT2D eigenvalue weighted by molar-refractivity contribution is 6.02. The van der Waals surface area contributed by atoms with E-state index in [2.05, 4.69) is 12.1 Å². The summed E-state index contributed by atoms with van der Waals surface area (Å²) in [5, 5.41) is 2.10. The van der Waals surface area contributed by atoms with E-state index in [0.29, 0.717) is 23.0 Å². The average molecular weight is 375 g/mol. The normalized spacial score (nSPS) is 10.9. The van der Waals surface area contributed by atoms with Gasteiger partial charge in [-0.25, -0.2) is 4.98 Å². The average Bonchev–Trinajstić information content (AvgIpc) is 2.75. The molecule has 0 unspecified atom stereocenters. The van der Waals surface area contributed by atoms with Crippen LogP contribution < -0.4 is 18.9 Å². The Morgan fingerprint density at radius 2 is 1.32 bits per heavy atom. The van der Waals surface area contributed by atoms with Gasteiger partial charge in [-0.15, -0.1) is 0 Å². The van der Waals surface area contributed by atoms with Crippen LogP contribution in [0, 0.1) is 0 Å². The number of hydrogen-bond acceptors (Lipinski definition) is 5. The minimum atomic E-state index is 0.491. The van der Waals surface area contributed by atoms with Gasteiger partial charge in [0.2, 0.25) is 11.5 Å². The molecular formula is C23H21NO4. The molecule has 0 amide bonds. The molecule has 3 aromatic carbocycles. The molecule has 0 aliphatic rings. The molecule has 0 atom stereocenters. The predicted molar refractivity (Wildman–Crippen MR) is 111 cm³/mol. The molecule has 0 aliphatic heterocycles. The molecular weight excluding hydrogens is 354 g/mol. The van der Waals surface area contributed by atoms with E-state index in [9.17, 15) is 0 Å². The van der Waals surface area contributed by atoms with Gasteiger partial charge in [-0.3, -0.25) is 0 Å². The molecule has 5 nitrogen and oxygen atoms in total. The maximum atomic E-state index is 5.72. The highest BCUT2D eigenvalue weighted by atomic mass is 16.5. The molecule has 0 saturated carbocycles. The minimum Gasteiger partial charge on any atom is -0.493 e. The lowest BCUT2D eigenvalue weighted by Gasteiger charge is -2.19. The zero-order chi connectivity index (χ0) is 19.7. The fourth-order valence-electron chi connectivity index (χ4n) is 3.57. The van der Waals surface area contributed by atoms with Gasteiger partial charge in [-0.2, -0.15) is 0 Å². The number of fused-ring (bicyclic) bond motifs is 2. The van der Waals surface area contributed by atoms with Crippen molar-refractivity contribution >= 4 is 21.8 Å². The van der Waals surface area contributed by atoms with E-state index < -0.39 is 0 Å². The van der Waals surface area contributed by atoms with Crippen LogP contribution in [-0.4, -0.2) is 33.4 Å². The Hall–Kier alpha value is -3.47. The summed E-state index contributed by atoms with van der Waals surface area (Å²) < 4.78 is 22.4. The molecule has 142 valence electrons. The Bertz CT molecular complexity index is 1170. The molecule has 5 heteroatoms. The number of benzene rings is 3. The largest absolute Gasteiger partial charge is 0.493 e. The second-order valence-corrected chi connectivity index (χ2v) is 6.28. The minimum absolute atomic E-state index is 0.491. The first-order valence-electron chi connectivity index (χ1n) is 8.87. The molecule has 0 N–H and O–H groups in total. The predicted octanol–water partition coefficient (Wildman–Crippen LogP) is 5.09. The van der Waals surface area contributed by atoms with Crippen LogP contribution in [0.15, 0.2) is 54.6 Å². The summed E-state index contributed by atoms with van der Waals surface area (Å²) in [5.41, 5.74) is 3.70. The maximum absolute atomic E-state index is 5.72. The first-order chi connectivity index (χ1) is 13.7. The van der Waals surface area contributed by atoms with Crippen molar-refractivity contribution < 1.29 is 18.9 Å². The number of methoxy groups -OCH3 is 4. The van der Waals surface area contributed by atoms with Crippen LogP contribution in [0.1, 0.15) is 0 Å². The van der Waals surface area contributed by atoms with E-state index in [-0.39, 0.29) is 0 Å². The molecule has 0 aliphatic carbocycles. The van der Waals surface area contributed by atoms with Crippen LogP contribution in [0.2, 0.25) is 0 Å². The molecule has 0 fully saturated rings. The Kier molecular flexibility index (Phi) is 4.65. The van der Waals surface area contributed by atoms with Gasteiger partial charge in [-0.05, 0) is 29.8 Å². The number of aromatic nitrogens is 1. The smallest absolute Gasteiger partial charge is 0.207 e. The van der Waals surface area contributed by atoms with Crippen LogP contribution in [0.25, 0.3) is 32.9 Å². The number of pyridine rings is 1. The highest BCUT2D eigenvalue weighted by Gasteiger charge is 2.23. The molecule has 0 bridgehead atoms. The Labute approximate surface area is 163 Å². The van der Waals surface area contributed by atoms with Crippen molar-refractivity contribution in [3.8, 4) is 34.1 Å². The van der Waals surface area contributed by atoms with Crippen molar-refractivity contribution in [2.24, 2.45) is 0 Å². The molecule has 1 heterocycles. The number of hydrogen-bond donors (Lipinski definition) is 0. The van der Waals surface area contributed by atoms with Crippen molar-refractivity contribution in [1.82, 2.24) is 4.98 Å². The summed E-state index contributed by atoms with van der Waals surface area (Å²) in [7, 11) is 6.38. The van der Waals surface area contributed by atoms with Crippen molar-refractivity contribution in [2.75, 3.05) is 28.4 Å².